The van der Waals surface area contributed by atoms with Gasteiger partial charge >= 0.3 is 0 Å². The number of methoxy groups -OCH3 is 2. The van der Waals surface area contributed by atoms with Crippen molar-refractivity contribution in [2.75, 3.05) is 27.8 Å². The van der Waals surface area contributed by atoms with Crippen LogP contribution in [0, 0.1) is 13.8 Å². The van der Waals surface area contributed by atoms with Gasteiger partial charge in [-0.3, -0.25) is 4.99 Å². The third kappa shape index (κ3) is 4.68. The van der Waals surface area contributed by atoms with Crippen LogP contribution in [0.2, 0.25) is 0 Å². The zero-order chi connectivity index (χ0) is 19.1. The molecule has 1 unspecified atom stereocenters. The number of hydrogen-bond acceptors (Lipinski definition) is 5. The minimum Gasteiger partial charge on any atom is -0.493 e. The second-order valence-corrected chi connectivity index (χ2v) is 6.13. The summed E-state index contributed by atoms with van der Waals surface area (Å²) in [5.74, 6) is 3.29. The van der Waals surface area contributed by atoms with Crippen molar-refractivity contribution in [3.05, 3.63) is 40.8 Å². The van der Waals surface area contributed by atoms with Crippen LogP contribution < -0.4 is 20.1 Å². The lowest BCUT2D eigenvalue weighted by Gasteiger charge is -2.16. The third-order valence-corrected chi connectivity index (χ3v) is 4.29. The van der Waals surface area contributed by atoms with Crippen LogP contribution in [0.1, 0.15) is 35.4 Å². The number of guanidine groups is 1. The van der Waals surface area contributed by atoms with Gasteiger partial charge in [0.15, 0.2) is 17.5 Å². The van der Waals surface area contributed by atoms with E-state index in [-0.39, 0.29) is 5.92 Å². The van der Waals surface area contributed by atoms with Crippen molar-refractivity contribution in [3.63, 3.8) is 0 Å². The van der Waals surface area contributed by atoms with Crippen LogP contribution in [-0.2, 0) is 6.54 Å². The van der Waals surface area contributed by atoms with Gasteiger partial charge in [-0.2, -0.15) is 0 Å². The SMILES string of the molecule is CN=C(NCc1ccc(OC)c(OC)c1)NCC(C)c1c(C)noc1C. The van der Waals surface area contributed by atoms with Gasteiger partial charge in [-0.15, -0.1) is 0 Å². The Morgan fingerprint density at radius 1 is 1.19 bits per heavy atom. The summed E-state index contributed by atoms with van der Waals surface area (Å²) >= 11 is 0. The van der Waals surface area contributed by atoms with Crippen LogP contribution in [0.4, 0.5) is 0 Å². The van der Waals surface area contributed by atoms with Crippen LogP contribution in [0.25, 0.3) is 0 Å². The number of aromatic nitrogens is 1. The van der Waals surface area contributed by atoms with Gasteiger partial charge in [0.2, 0.25) is 0 Å². The second kappa shape index (κ2) is 9.12. The highest BCUT2D eigenvalue weighted by Crippen LogP contribution is 2.27. The standard InChI is InChI=1S/C19H28N4O3/c1-12(18-13(2)23-26-14(18)3)10-21-19(20-4)22-11-15-7-8-16(24-5)17(9-15)25-6/h7-9,12H,10-11H2,1-6H3,(H2,20,21,22). The molecular formula is C19H28N4O3. The largest absolute Gasteiger partial charge is 0.493 e. The van der Waals surface area contributed by atoms with E-state index in [1.807, 2.05) is 32.0 Å². The van der Waals surface area contributed by atoms with E-state index in [2.05, 4.69) is 27.7 Å². The van der Waals surface area contributed by atoms with Crippen molar-refractivity contribution >= 4 is 5.96 Å². The van der Waals surface area contributed by atoms with Crippen molar-refractivity contribution in [1.82, 2.24) is 15.8 Å². The Morgan fingerprint density at radius 2 is 1.92 bits per heavy atom. The van der Waals surface area contributed by atoms with Crippen LogP contribution in [0.15, 0.2) is 27.7 Å². The lowest BCUT2D eigenvalue weighted by Crippen LogP contribution is -2.38. The van der Waals surface area contributed by atoms with Crippen LogP contribution in [0.5, 0.6) is 11.5 Å². The zero-order valence-electron chi connectivity index (χ0n) is 16.3. The molecule has 2 aromatic rings. The molecule has 142 valence electrons. The molecule has 0 aliphatic carbocycles. The number of nitrogens with one attached hydrogen (secondary N) is 2. The van der Waals surface area contributed by atoms with Crippen molar-refractivity contribution in [2.24, 2.45) is 4.99 Å². The Hall–Kier alpha value is -2.70. The fraction of sp³-hybridized carbons (Fsp3) is 0.474. The predicted octanol–water partition coefficient (Wildman–Crippen LogP) is 2.78. The Kier molecular flexibility index (Phi) is 6.89. The molecule has 0 saturated carbocycles. The summed E-state index contributed by atoms with van der Waals surface area (Å²) in [5.41, 5.74) is 3.15. The number of nitrogens with zero attached hydrogens (tertiary/aromatic N) is 2. The number of ether oxygens (including phenoxy) is 2. The Bertz CT molecular complexity index is 736. The van der Waals surface area contributed by atoms with E-state index < -0.39 is 0 Å². The molecular weight excluding hydrogens is 332 g/mol. The van der Waals surface area contributed by atoms with Gasteiger partial charge in [0.1, 0.15) is 5.76 Å². The van der Waals surface area contributed by atoms with Crippen molar-refractivity contribution < 1.29 is 14.0 Å². The third-order valence-electron chi connectivity index (χ3n) is 4.29. The quantitative estimate of drug-likeness (QED) is 0.584. The average Bonchev–Trinajstić information content (AvgIpc) is 2.99. The summed E-state index contributed by atoms with van der Waals surface area (Å²) in [4.78, 5) is 4.28. The average molecular weight is 360 g/mol. The maximum atomic E-state index is 5.34. The molecule has 1 atom stereocenters. The van der Waals surface area contributed by atoms with Gasteiger partial charge in [0.25, 0.3) is 0 Å². The molecule has 2 rings (SSSR count). The zero-order valence-corrected chi connectivity index (χ0v) is 16.3. The highest BCUT2D eigenvalue weighted by Gasteiger charge is 2.16. The van der Waals surface area contributed by atoms with Gasteiger partial charge in [0, 0.05) is 31.6 Å². The van der Waals surface area contributed by atoms with E-state index in [4.69, 9.17) is 14.0 Å². The summed E-state index contributed by atoms with van der Waals surface area (Å²) in [6.07, 6.45) is 0. The van der Waals surface area contributed by atoms with Crippen LogP contribution >= 0.6 is 0 Å². The highest BCUT2D eigenvalue weighted by atomic mass is 16.5. The summed E-state index contributed by atoms with van der Waals surface area (Å²) in [6.45, 7) is 7.40. The molecule has 0 aliphatic heterocycles. The van der Waals surface area contributed by atoms with Gasteiger partial charge in [0.05, 0.1) is 19.9 Å². The molecule has 0 radical (unpaired) electrons. The summed E-state index contributed by atoms with van der Waals surface area (Å²) in [5, 5.41) is 10.7. The van der Waals surface area contributed by atoms with E-state index >= 15 is 0 Å². The Labute approximate surface area is 154 Å². The first kappa shape index (κ1) is 19.6. The molecule has 7 heteroatoms. The van der Waals surface area contributed by atoms with E-state index in [0.29, 0.717) is 18.0 Å². The monoisotopic (exact) mass is 360 g/mol. The molecule has 0 aliphatic rings. The van der Waals surface area contributed by atoms with Crippen LogP contribution in [-0.4, -0.2) is 38.9 Å². The molecule has 0 bridgehead atoms. The molecule has 1 aromatic carbocycles. The number of benzene rings is 1. The summed E-state index contributed by atoms with van der Waals surface area (Å²) in [6, 6.07) is 5.84. The van der Waals surface area contributed by atoms with E-state index in [1.54, 1.807) is 21.3 Å². The fourth-order valence-electron chi connectivity index (χ4n) is 2.94. The molecule has 0 saturated heterocycles. The maximum absolute atomic E-state index is 5.34. The van der Waals surface area contributed by atoms with Gasteiger partial charge in [-0.1, -0.05) is 18.1 Å². The Morgan fingerprint density at radius 3 is 2.50 bits per heavy atom. The number of aryl methyl sites for hydroxylation is 2. The smallest absolute Gasteiger partial charge is 0.191 e. The first-order chi connectivity index (χ1) is 12.5. The molecule has 0 amide bonds. The summed E-state index contributed by atoms with van der Waals surface area (Å²) < 4.78 is 15.9. The van der Waals surface area contributed by atoms with Gasteiger partial charge in [-0.25, -0.2) is 0 Å². The fourth-order valence-corrected chi connectivity index (χ4v) is 2.94. The lowest BCUT2D eigenvalue weighted by molar-refractivity contribution is 0.354. The molecule has 1 aromatic heterocycles. The molecule has 0 spiro atoms. The van der Waals surface area contributed by atoms with Gasteiger partial charge < -0.3 is 24.6 Å². The minimum absolute atomic E-state index is 0.265. The van der Waals surface area contributed by atoms with E-state index in [9.17, 15) is 0 Å². The number of rotatable bonds is 7. The molecule has 1 heterocycles. The lowest BCUT2D eigenvalue weighted by atomic mass is 10.00. The molecule has 0 fully saturated rings. The predicted molar refractivity (Wildman–Crippen MR) is 102 cm³/mol. The minimum atomic E-state index is 0.265. The van der Waals surface area contributed by atoms with Gasteiger partial charge in [-0.05, 0) is 31.5 Å². The van der Waals surface area contributed by atoms with Crippen molar-refractivity contribution in [3.8, 4) is 11.5 Å². The van der Waals surface area contributed by atoms with E-state index in [1.165, 1.54) is 0 Å². The van der Waals surface area contributed by atoms with Crippen molar-refractivity contribution in [1.29, 1.82) is 0 Å². The highest BCUT2D eigenvalue weighted by molar-refractivity contribution is 5.79. The van der Waals surface area contributed by atoms with Crippen LogP contribution in [0.3, 0.4) is 0 Å². The molecule has 2 N–H and O–H groups in total. The van der Waals surface area contributed by atoms with E-state index in [0.717, 1.165) is 35.1 Å². The topological polar surface area (TPSA) is 80.9 Å². The van der Waals surface area contributed by atoms with Crippen molar-refractivity contribution in [2.45, 2.75) is 33.2 Å². The number of hydrogen-bond donors (Lipinski definition) is 2. The second-order valence-electron chi connectivity index (χ2n) is 6.13. The maximum Gasteiger partial charge on any atom is 0.191 e. The summed E-state index contributed by atoms with van der Waals surface area (Å²) in [7, 11) is 5.01. The first-order valence-electron chi connectivity index (χ1n) is 8.58. The number of aliphatic imine (C=N–C) groups is 1. The normalized spacial score (nSPS) is 12.6. The molecule has 7 nitrogen and oxygen atoms in total. The molecule has 26 heavy (non-hydrogen) atoms. The first-order valence-corrected chi connectivity index (χ1v) is 8.58. The Balaban J connectivity index is 1.92.